The summed E-state index contributed by atoms with van der Waals surface area (Å²) < 4.78 is 4.02. The molecule has 5 rings (SSSR count). The van der Waals surface area contributed by atoms with Gasteiger partial charge in [-0.15, -0.1) is 0 Å². The topological polar surface area (TPSA) is 84.2 Å². The molecular formula is C21H22N6O2. The van der Waals surface area contributed by atoms with Gasteiger partial charge in [-0.3, -0.25) is 15.0 Å². The molecule has 0 spiro atoms. The zero-order chi connectivity index (χ0) is 20.0. The van der Waals surface area contributed by atoms with Crippen LogP contribution >= 0.6 is 0 Å². The molecule has 148 valence electrons. The van der Waals surface area contributed by atoms with E-state index in [1.54, 1.807) is 0 Å². The number of benzene rings is 1. The van der Waals surface area contributed by atoms with Gasteiger partial charge in [-0.2, -0.15) is 5.10 Å². The van der Waals surface area contributed by atoms with Crippen LogP contribution in [-0.2, 0) is 22.7 Å². The normalized spacial score (nSPS) is 18.6. The molecule has 1 unspecified atom stereocenters. The van der Waals surface area contributed by atoms with Gasteiger partial charge in [0.15, 0.2) is 0 Å². The highest BCUT2D eigenvalue weighted by molar-refractivity contribution is 5.85. The predicted molar refractivity (Wildman–Crippen MR) is 106 cm³/mol. The summed E-state index contributed by atoms with van der Waals surface area (Å²) in [6, 6.07) is 11.7. The zero-order valence-electron chi connectivity index (χ0n) is 16.1. The van der Waals surface area contributed by atoms with Crippen molar-refractivity contribution in [2.24, 2.45) is 0 Å². The van der Waals surface area contributed by atoms with Crippen LogP contribution in [0.25, 0.3) is 11.5 Å². The Bertz CT molecular complexity index is 1070. The summed E-state index contributed by atoms with van der Waals surface area (Å²) in [5.74, 6) is 0.867. The van der Waals surface area contributed by atoms with E-state index in [9.17, 15) is 9.59 Å². The lowest BCUT2D eigenvalue weighted by Crippen LogP contribution is -2.55. The Morgan fingerprint density at radius 1 is 1.14 bits per heavy atom. The van der Waals surface area contributed by atoms with Crippen molar-refractivity contribution in [3.63, 3.8) is 0 Å². The molecular weight excluding hydrogens is 368 g/mol. The SMILES string of the molecule is Cc1ccccc1-n1nc2c(c1-n1cccc1)CN(C(=O)C1CCC(=O)NN1)C2. The Balaban J connectivity index is 1.49. The van der Waals surface area contributed by atoms with Gasteiger partial charge in [0.25, 0.3) is 0 Å². The maximum Gasteiger partial charge on any atom is 0.242 e. The quantitative estimate of drug-likeness (QED) is 0.712. The third kappa shape index (κ3) is 3.01. The second kappa shape index (κ2) is 6.89. The van der Waals surface area contributed by atoms with Crippen LogP contribution in [0.4, 0.5) is 0 Å². The Morgan fingerprint density at radius 3 is 2.66 bits per heavy atom. The minimum atomic E-state index is -0.393. The molecule has 0 bridgehead atoms. The number of hydrazine groups is 1. The molecule has 1 aromatic carbocycles. The molecule has 2 aliphatic rings. The van der Waals surface area contributed by atoms with Gasteiger partial charge in [0.1, 0.15) is 11.9 Å². The molecule has 1 fully saturated rings. The first-order valence-corrected chi connectivity index (χ1v) is 9.75. The lowest BCUT2D eigenvalue weighted by Gasteiger charge is -2.27. The van der Waals surface area contributed by atoms with Crippen molar-refractivity contribution in [1.29, 1.82) is 0 Å². The summed E-state index contributed by atoms with van der Waals surface area (Å²) in [6.07, 6.45) is 4.85. The Kier molecular flexibility index (Phi) is 4.21. The zero-order valence-corrected chi connectivity index (χ0v) is 16.1. The van der Waals surface area contributed by atoms with Gasteiger partial charge in [0.2, 0.25) is 11.8 Å². The third-order valence-electron chi connectivity index (χ3n) is 5.58. The molecule has 2 amide bonds. The van der Waals surface area contributed by atoms with E-state index in [2.05, 4.69) is 29.9 Å². The highest BCUT2D eigenvalue weighted by Crippen LogP contribution is 2.31. The molecule has 2 aromatic heterocycles. The Morgan fingerprint density at radius 2 is 1.93 bits per heavy atom. The van der Waals surface area contributed by atoms with Crippen molar-refractivity contribution in [2.75, 3.05) is 0 Å². The van der Waals surface area contributed by atoms with Crippen molar-refractivity contribution in [1.82, 2.24) is 30.1 Å². The number of nitrogens with one attached hydrogen (secondary N) is 2. The van der Waals surface area contributed by atoms with Crippen molar-refractivity contribution in [2.45, 2.75) is 38.9 Å². The van der Waals surface area contributed by atoms with E-state index < -0.39 is 6.04 Å². The van der Waals surface area contributed by atoms with Crippen molar-refractivity contribution in [3.05, 3.63) is 65.6 Å². The first-order valence-electron chi connectivity index (χ1n) is 9.75. The summed E-state index contributed by atoms with van der Waals surface area (Å²) in [5.41, 5.74) is 9.52. The fourth-order valence-electron chi connectivity index (χ4n) is 4.05. The minimum Gasteiger partial charge on any atom is -0.331 e. The first kappa shape index (κ1) is 17.7. The number of nitrogens with zero attached hydrogens (tertiary/aromatic N) is 4. The highest BCUT2D eigenvalue weighted by Gasteiger charge is 2.35. The largest absolute Gasteiger partial charge is 0.331 e. The van der Waals surface area contributed by atoms with E-state index in [0.29, 0.717) is 25.9 Å². The second-order valence-corrected chi connectivity index (χ2v) is 7.52. The van der Waals surface area contributed by atoms with Crippen LogP contribution in [0.15, 0.2) is 48.8 Å². The summed E-state index contributed by atoms with van der Waals surface area (Å²) in [6.45, 7) is 3.04. The lowest BCUT2D eigenvalue weighted by atomic mass is 10.1. The fraction of sp³-hybridized carbons (Fsp3) is 0.286. The number of hydrogen-bond acceptors (Lipinski definition) is 4. The Hall–Kier alpha value is -3.39. The second-order valence-electron chi connectivity index (χ2n) is 7.52. The van der Waals surface area contributed by atoms with Gasteiger partial charge in [-0.05, 0) is 37.1 Å². The van der Waals surface area contributed by atoms with E-state index in [0.717, 1.165) is 28.3 Å². The minimum absolute atomic E-state index is 0.0103. The Labute approximate surface area is 168 Å². The average molecular weight is 390 g/mol. The smallest absolute Gasteiger partial charge is 0.242 e. The monoisotopic (exact) mass is 390 g/mol. The molecule has 0 aliphatic carbocycles. The number of carbonyl (C=O) groups is 2. The number of para-hydroxylation sites is 1. The average Bonchev–Trinajstić information content (AvgIpc) is 3.44. The van der Waals surface area contributed by atoms with Crippen LogP contribution in [0.2, 0.25) is 0 Å². The van der Waals surface area contributed by atoms with Gasteiger partial charge in [-0.25, -0.2) is 10.1 Å². The van der Waals surface area contributed by atoms with Gasteiger partial charge in [0.05, 0.1) is 24.5 Å². The van der Waals surface area contributed by atoms with E-state index in [1.807, 2.05) is 50.8 Å². The number of fused-ring (bicyclic) bond motifs is 1. The van der Waals surface area contributed by atoms with E-state index in [-0.39, 0.29) is 11.8 Å². The van der Waals surface area contributed by atoms with Crippen LogP contribution in [0.1, 0.15) is 29.7 Å². The number of aryl methyl sites for hydroxylation is 1. The van der Waals surface area contributed by atoms with E-state index in [1.165, 1.54) is 0 Å². The summed E-state index contributed by atoms with van der Waals surface area (Å²) in [4.78, 5) is 26.1. The summed E-state index contributed by atoms with van der Waals surface area (Å²) in [7, 11) is 0. The standard InChI is InChI=1S/C21H22N6O2/c1-14-6-2-3-7-18(14)27-20(25-10-4-5-11-25)15-12-26(13-17(15)24-27)21(29)16-8-9-19(28)23-22-16/h2-7,10-11,16,22H,8-9,12-13H2,1H3,(H,23,28). The van der Waals surface area contributed by atoms with Crippen LogP contribution in [-0.4, -0.2) is 37.1 Å². The molecule has 1 atom stereocenters. The van der Waals surface area contributed by atoms with Crippen LogP contribution in [0.3, 0.4) is 0 Å². The molecule has 29 heavy (non-hydrogen) atoms. The highest BCUT2D eigenvalue weighted by atomic mass is 16.2. The molecule has 2 N–H and O–H groups in total. The maximum atomic E-state index is 13.0. The molecule has 2 aliphatic heterocycles. The molecule has 0 radical (unpaired) electrons. The van der Waals surface area contributed by atoms with Crippen LogP contribution in [0, 0.1) is 6.92 Å². The molecule has 8 heteroatoms. The third-order valence-corrected chi connectivity index (χ3v) is 5.58. The molecule has 8 nitrogen and oxygen atoms in total. The summed E-state index contributed by atoms with van der Waals surface area (Å²) in [5, 5.41) is 4.88. The van der Waals surface area contributed by atoms with Gasteiger partial charge in [-0.1, -0.05) is 18.2 Å². The molecule has 4 heterocycles. The number of hydrogen-bond donors (Lipinski definition) is 2. The molecule has 0 saturated carbocycles. The molecule has 3 aromatic rings. The number of aromatic nitrogens is 3. The number of rotatable bonds is 3. The van der Waals surface area contributed by atoms with Crippen molar-refractivity contribution in [3.8, 4) is 11.5 Å². The van der Waals surface area contributed by atoms with E-state index in [4.69, 9.17) is 5.10 Å². The maximum absolute atomic E-state index is 13.0. The van der Waals surface area contributed by atoms with Gasteiger partial charge < -0.3 is 9.47 Å². The van der Waals surface area contributed by atoms with Crippen LogP contribution in [0.5, 0.6) is 0 Å². The number of amides is 2. The van der Waals surface area contributed by atoms with Crippen molar-refractivity contribution >= 4 is 11.8 Å². The summed E-state index contributed by atoms with van der Waals surface area (Å²) >= 11 is 0. The van der Waals surface area contributed by atoms with Gasteiger partial charge in [0, 0.05) is 24.4 Å². The predicted octanol–water partition coefficient (Wildman–Crippen LogP) is 1.60. The van der Waals surface area contributed by atoms with E-state index >= 15 is 0 Å². The van der Waals surface area contributed by atoms with Gasteiger partial charge >= 0.3 is 0 Å². The van der Waals surface area contributed by atoms with Crippen LogP contribution < -0.4 is 10.9 Å². The fourth-order valence-corrected chi connectivity index (χ4v) is 4.05. The first-order chi connectivity index (χ1) is 14.1. The van der Waals surface area contributed by atoms with Crippen molar-refractivity contribution < 1.29 is 9.59 Å². The number of carbonyl (C=O) groups excluding carboxylic acids is 2. The lowest BCUT2D eigenvalue weighted by molar-refractivity contribution is -0.137. The molecule has 1 saturated heterocycles.